The van der Waals surface area contributed by atoms with Gasteiger partial charge in [0.05, 0.1) is 18.3 Å². The molecule has 24 heavy (non-hydrogen) atoms. The standard InChI is InChI=1S/C15H17F3N4O2/c1-9-5-11(21-24-9)6-13(23)22-4-2-3-10(8-22)14-19-7-12(20-14)15(16,17)18/h5,7,10H,2-4,6,8H2,1H3,(H,19,20). The van der Waals surface area contributed by atoms with E-state index < -0.39 is 11.9 Å². The summed E-state index contributed by atoms with van der Waals surface area (Å²) in [5, 5.41) is 3.79. The Morgan fingerprint density at radius 3 is 2.92 bits per heavy atom. The van der Waals surface area contributed by atoms with Gasteiger partial charge in [-0.3, -0.25) is 4.79 Å². The van der Waals surface area contributed by atoms with Crippen molar-refractivity contribution in [2.24, 2.45) is 0 Å². The Morgan fingerprint density at radius 2 is 2.29 bits per heavy atom. The summed E-state index contributed by atoms with van der Waals surface area (Å²) in [4.78, 5) is 20.2. The highest BCUT2D eigenvalue weighted by Crippen LogP contribution is 2.31. The zero-order valence-corrected chi connectivity index (χ0v) is 13.1. The molecule has 0 aliphatic carbocycles. The number of aryl methyl sites for hydroxylation is 1. The zero-order chi connectivity index (χ0) is 17.3. The molecule has 3 rings (SSSR count). The van der Waals surface area contributed by atoms with E-state index in [4.69, 9.17) is 4.52 Å². The number of carbonyl (C=O) groups excluding carboxylic acids is 1. The van der Waals surface area contributed by atoms with Crippen LogP contribution >= 0.6 is 0 Å². The monoisotopic (exact) mass is 342 g/mol. The van der Waals surface area contributed by atoms with Crippen LogP contribution in [0.4, 0.5) is 13.2 Å². The van der Waals surface area contributed by atoms with E-state index in [1.807, 2.05) is 0 Å². The number of piperidine rings is 1. The average molecular weight is 342 g/mol. The van der Waals surface area contributed by atoms with Crippen LogP contribution in [-0.4, -0.2) is 39.0 Å². The number of carbonyl (C=O) groups is 1. The second-order valence-electron chi connectivity index (χ2n) is 5.96. The summed E-state index contributed by atoms with van der Waals surface area (Å²) in [6, 6.07) is 1.70. The van der Waals surface area contributed by atoms with Gasteiger partial charge < -0.3 is 14.4 Å². The molecule has 1 atom stereocenters. The first-order valence-corrected chi connectivity index (χ1v) is 7.65. The highest BCUT2D eigenvalue weighted by atomic mass is 19.4. The van der Waals surface area contributed by atoms with Gasteiger partial charge in [0.15, 0.2) is 0 Å². The van der Waals surface area contributed by atoms with E-state index in [0.717, 1.165) is 12.6 Å². The summed E-state index contributed by atoms with van der Waals surface area (Å²) in [6.45, 7) is 2.67. The van der Waals surface area contributed by atoms with Crippen LogP contribution in [0.5, 0.6) is 0 Å². The van der Waals surface area contributed by atoms with E-state index in [0.29, 0.717) is 31.0 Å². The van der Waals surface area contributed by atoms with Crippen molar-refractivity contribution >= 4 is 5.91 Å². The summed E-state index contributed by atoms with van der Waals surface area (Å²) in [5.74, 6) is 0.565. The second kappa shape index (κ2) is 6.29. The van der Waals surface area contributed by atoms with Crippen molar-refractivity contribution in [1.29, 1.82) is 0 Å². The first kappa shape index (κ1) is 16.5. The molecule has 1 amide bonds. The summed E-state index contributed by atoms with van der Waals surface area (Å²) in [6.07, 6.45) is -2.11. The number of H-pyrrole nitrogens is 1. The summed E-state index contributed by atoms with van der Waals surface area (Å²) in [7, 11) is 0. The predicted octanol–water partition coefficient (Wildman–Crippen LogP) is 2.67. The molecular weight excluding hydrogens is 325 g/mol. The molecule has 1 aliphatic rings. The van der Waals surface area contributed by atoms with Gasteiger partial charge in [0.2, 0.25) is 5.91 Å². The molecule has 1 aliphatic heterocycles. The number of hydrogen-bond acceptors (Lipinski definition) is 4. The van der Waals surface area contributed by atoms with Crippen LogP contribution in [0.2, 0.25) is 0 Å². The van der Waals surface area contributed by atoms with Crippen molar-refractivity contribution in [3.05, 3.63) is 35.2 Å². The highest BCUT2D eigenvalue weighted by molar-refractivity contribution is 5.78. The number of imidazole rings is 1. The number of likely N-dealkylation sites (tertiary alicyclic amines) is 1. The van der Waals surface area contributed by atoms with Gasteiger partial charge in [-0.05, 0) is 19.8 Å². The van der Waals surface area contributed by atoms with Crippen LogP contribution < -0.4 is 0 Å². The molecule has 3 heterocycles. The van der Waals surface area contributed by atoms with Crippen molar-refractivity contribution in [2.45, 2.75) is 38.3 Å². The summed E-state index contributed by atoms with van der Waals surface area (Å²) in [5.41, 5.74) is -0.309. The largest absolute Gasteiger partial charge is 0.432 e. The Kier molecular flexibility index (Phi) is 4.33. The molecule has 0 bridgehead atoms. The van der Waals surface area contributed by atoms with E-state index in [1.165, 1.54) is 0 Å². The van der Waals surface area contributed by atoms with Gasteiger partial charge in [-0.1, -0.05) is 5.16 Å². The number of hydrogen-bond donors (Lipinski definition) is 1. The lowest BCUT2D eigenvalue weighted by Gasteiger charge is -2.31. The third-order valence-corrected chi connectivity index (χ3v) is 4.07. The molecule has 1 unspecified atom stereocenters. The molecule has 1 N–H and O–H groups in total. The lowest BCUT2D eigenvalue weighted by molar-refractivity contribution is -0.141. The second-order valence-corrected chi connectivity index (χ2v) is 5.96. The normalized spacial score (nSPS) is 18.8. The molecule has 1 saturated heterocycles. The van der Waals surface area contributed by atoms with Crippen molar-refractivity contribution in [3.8, 4) is 0 Å². The fraction of sp³-hybridized carbons (Fsp3) is 0.533. The number of nitrogens with zero attached hydrogens (tertiary/aromatic N) is 3. The Morgan fingerprint density at radius 1 is 1.50 bits per heavy atom. The van der Waals surface area contributed by atoms with E-state index in [1.54, 1.807) is 17.9 Å². The zero-order valence-electron chi connectivity index (χ0n) is 13.1. The minimum absolute atomic E-state index is 0.115. The molecule has 0 saturated carbocycles. The lowest BCUT2D eigenvalue weighted by atomic mass is 9.97. The molecule has 1 fully saturated rings. The van der Waals surface area contributed by atoms with Gasteiger partial charge in [-0.25, -0.2) is 4.98 Å². The van der Waals surface area contributed by atoms with Crippen LogP contribution in [0.3, 0.4) is 0 Å². The summed E-state index contributed by atoms with van der Waals surface area (Å²) < 4.78 is 42.9. The Labute approximate surface area is 136 Å². The number of nitrogens with one attached hydrogen (secondary N) is 1. The van der Waals surface area contributed by atoms with Crippen LogP contribution in [-0.2, 0) is 17.4 Å². The third kappa shape index (κ3) is 3.60. The topological polar surface area (TPSA) is 75.0 Å². The number of amides is 1. The van der Waals surface area contributed by atoms with Gasteiger partial charge >= 0.3 is 6.18 Å². The molecule has 2 aromatic heterocycles. The molecule has 0 spiro atoms. The van der Waals surface area contributed by atoms with Gasteiger partial charge in [-0.15, -0.1) is 0 Å². The van der Waals surface area contributed by atoms with Gasteiger partial charge in [0.1, 0.15) is 17.3 Å². The van der Waals surface area contributed by atoms with Crippen molar-refractivity contribution in [3.63, 3.8) is 0 Å². The fourth-order valence-corrected chi connectivity index (χ4v) is 2.88. The quantitative estimate of drug-likeness (QED) is 0.930. The average Bonchev–Trinajstić information content (AvgIpc) is 3.16. The highest BCUT2D eigenvalue weighted by Gasteiger charge is 2.34. The lowest BCUT2D eigenvalue weighted by Crippen LogP contribution is -2.40. The maximum absolute atomic E-state index is 12.7. The maximum atomic E-state index is 12.7. The first-order valence-electron chi connectivity index (χ1n) is 7.65. The van der Waals surface area contributed by atoms with Crippen LogP contribution in [0.15, 0.2) is 16.8 Å². The number of aromatic amines is 1. The molecule has 6 nitrogen and oxygen atoms in total. The molecule has 9 heteroatoms. The SMILES string of the molecule is Cc1cc(CC(=O)N2CCCC(c3ncc(C(F)(F)F)[nH]3)C2)no1. The third-order valence-electron chi connectivity index (χ3n) is 4.07. The maximum Gasteiger partial charge on any atom is 0.432 e. The Balaban J connectivity index is 1.65. The molecule has 0 aromatic carbocycles. The number of alkyl halides is 3. The van der Waals surface area contributed by atoms with Crippen LogP contribution in [0, 0.1) is 6.92 Å². The Bertz CT molecular complexity index is 722. The molecule has 2 aromatic rings. The number of aromatic nitrogens is 3. The molecular formula is C15H17F3N4O2. The Hall–Kier alpha value is -2.32. The van der Waals surface area contributed by atoms with E-state index in [2.05, 4.69) is 15.1 Å². The number of halogens is 3. The molecule has 0 radical (unpaired) electrons. The van der Waals surface area contributed by atoms with Crippen molar-refractivity contribution < 1.29 is 22.5 Å². The van der Waals surface area contributed by atoms with Crippen molar-refractivity contribution in [2.75, 3.05) is 13.1 Å². The van der Waals surface area contributed by atoms with Crippen LogP contribution in [0.1, 0.15) is 41.7 Å². The van der Waals surface area contributed by atoms with Gasteiger partial charge in [0, 0.05) is 25.1 Å². The fourth-order valence-electron chi connectivity index (χ4n) is 2.88. The van der Waals surface area contributed by atoms with Gasteiger partial charge in [0.25, 0.3) is 0 Å². The number of rotatable bonds is 3. The van der Waals surface area contributed by atoms with E-state index >= 15 is 0 Å². The smallest absolute Gasteiger partial charge is 0.361 e. The van der Waals surface area contributed by atoms with Gasteiger partial charge in [-0.2, -0.15) is 13.2 Å². The summed E-state index contributed by atoms with van der Waals surface area (Å²) >= 11 is 0. The predicted molar refractivity (Wildman–Crippen MR) is 77.1 cm³/mol. The van der Waals surface area contributed by atoms with E-state index in [-0.39, 0.29) is 24.1 Å². The first-order chi connectivity index (χ1) is 11.3. The van der Waals surface area contributed by atoms with Crippen LogP contribution in [0.25, 0.3) is 0 Å². The van der Waals surface area contributed by atoms with Crippen molar-refractivity contribution in [1.82, 2.24) is 20.0 Å². The minimum Gasteiger partial charge on any atom is -0.361 e. The van der Waals surface area contributed by atoms with E-state index in [9.17, 15) is 18.0 Å². The minimum atomic E-state index is -4.44. The molecule has 130 valence electrons.